The Morgan fingerprint density at radius 2 is 2.12 bits per heavy atom. The number of benzene rings is 1. The van der Waals surface area contributed by atoms with Gasteiger partial charge in [0.2, 0.25) is 6.23 Å². The highest BCUT2D eigenvalue weighted by atomic mass is 19.3. The fourth-order valence-electron chi connectivity index (χ4n) is 2.68. The molecule has 0 spiro atoms. The number of carbonyl (C=O) groups excluding carboxylic acids is 1. The van der Waals surface area contributed by atoms with Crippen molar-refractivity contribution in [2.24, 2.45) is 5.73 Å². The number of ether oxygens (including phenoxy) is 1. The van der Waals surface area contributed by atoms with Crippen LogP contribution in [0.15, 0.2) is 23.0 Å². The molecule has 1 aliphatic rings. The molecular weight excluding hydrogens is 347 g/mol. The summed E-state index contributed by atoms with van der Waals surface area (Å²) in [6, 6.07) is 2.73. The van der Waals surface area contributed by atoms with Crippen molar-refractivity contribution in [2.45, 2.75) is 24.4 Å². The number of aliphatic hydroxyl groups is 2. The Bertz CT molecular complexity index is 916. The van der Waals surface area contributed by atoms with E-state index in [1.165, 1.54) is 0 Å². The lowest BCUT2D eigenvalue weighted by molar-refractivity contribution is -0.139. The zero-order valence-electron chi connectivity index (χ0n) is 12.4. The second-order valence-electron chi connectivity index (χ2n) is 5.46. The van der Waals surface area contributed by atoms with E-state index in [2.05, 4.69) is 4.98 Å². The standard InChI is InChI=1S/C14H12F3N3O5/c15-5-1-2-7-6(3-5)19-9(11(18)23)12(24)20(7)13-14(16,17)10(22)8(4-21)25-13/h1-3,8,10,13,21-22H,4H2,(H2,18,23)/t8-,10-,13-/m1/s1. The average molecular weight is 359 g/mol. The van der Waals surface area contributed by atoms with E-state index in [4.69, 9.17) is 15.6 Å². The normalized spacial score (nSPS) is 25.4. The molecule has 1 aromatic heterocycles. The zero-order valence-corrected chi connectivity index (χ0v) is 12.4. The maximum Gasteiger partial charge on any atom is 0.320 e. The van der Waals surface area contributed by atoms with Crippen LogP contribution in [0.1, 0.15) is 16.7 Å². The molecule has 8 nitrogen and oxygen atoms in total. The number of hydrogen-bond acceptors (Lipinski definition) is 6. The van der Waals surface area contributed by atoms with Gasteiger partial charge < -0.3 is 20.7 Å². The number of aliphatic hydroxyl groups excluding tert-OH is 2. The number of alkyl halides is 2. The number of fused-ring (bicyclic) bond motifs is 1. The van der Waals surface area contributed by atoms with E-state index in [0.29, 0.717) is 4.57 Å². The fraction of sp³-hybridized carbons (Fsp3) is 0.357. The van der Waals surface area contributed by atoms with Crippen LogP contribution in [0.5, 0.6) is 0 Å². The maximum atomic E-state index is 14.4. The molecule has 0 radical (unpaired) electrons. The van der Waals surface area contributed by atoms with Crippen LogP contribution in [-0.4, -0.2) is 50.4 Å². The van der Waals surface area contributed by atoms with E-state index in [1.807, 2.05) is 0 Å². The number of primary amides is 1. The van der Waals surface area contributed by atoms with Crippen LogP contribution in [0.3, 0.4) is 0 Å². The van der Waals surface area contributed by atoms with Crippen LogP contribution >= 0.6 is 0 Å². The van der Waals surface area contributed by atoms with Crippen LogP contribution in [-0.2, 0) is 4.74 Å². The molecule has 4 N–H and O–H groups in total. The summed E-state index contributed by atoms with van der Waals surface area (Å²) in [5.74, 6) is -6.06. The Balaban J connectivity index is 2.33. The number of rotatable bonds is 3. The summed E-state index contributed by atoms with van der Waals surface area (Å²) in [5.41, 5.74) is 2.31. The first-order valence-electron chi connectivity index (χ1n) is 7.02. The van der Waals surface area contributed by atoms with Crippen LogP contribution in [0.2, 0.25) is 0 Å². The number of amides is 1. The molecule has 1 fully saturated rings. The molecule has 11 heteroatoms. The molecular formula is C14H12F3N3O5. The number of halogens is 3. The summed E-state index contributed by atoms with van der Waals surface area (Å²) in [4.78, 5) is 27.4. The largest absolute Gasteiger partial charge is 0.394 e. The van der Waals surface area contributed by atoms with Gasteiger partial charge in [-0.05, 0) is 12.1 Å². The summed E-state index contributed by atoms with van der Waals surface area (Å²) >= 11 is 0. The van der Waals surface area contributed by atoms with Gasteiger partial charge in [-0.3, -0.25) is 14.2 Å². The first kappa shape index (κ1) is 17.3. The van der Waals surface area contributed by atoms with Gasteiger partial charge in [0.05, 0.1) is 17.6 Å². The topological polar surface area (TPSA) is 128 Å². The summed E-state index contributed by atoms with van der Waals surface area (Å²) in [5, 5.41) is 18.7. The highest BCUT2D eigenvalue weighted by molar-refractivity contribution is 5.92. The minimum absolute atomic E-state index is 0.258. The second-order valence-corrected chi connectivity index (χ2v) is 5.46. The molecule has 1 saturated heterocycles. The molecule has 134 valence electrons. The molecule has 2 heterocycles. The molecule has 0 saturated carbocycles. The van der Waals surface area contributed by atoms with E-state index in [-0.39, 0.29) is 11.0 Å². The molecule has 3 rings (SSSR count). The van der Waals surface area contributed by atoms with Gasteiger partial charge >= 0.3 is 5.92 Å². The van der Waals surface area contributed by atoms with Crippen molar-refractivity contribution in [3.05, 3.63) is 40.1 Å². The van der Waals surface area contributed by atoms with Crippen molar-refractivity contribution in [1.29, 1.82) is 0 Å². The lowest BCUT2D eigenvalue weighted by atomic mass is 10.1. The van der Waals surface area contributed by atoms with Crippen molar-refractivity contribution in [3.63, 3.8) is 0 Å². The Kier molecular flexibility index (Phi) is 4.01. The minimum atomic E-state index is -3.98. The Morgan fingerprint density at radius 3 is 2.68 bits per heavy atom. The van der Waals surface area contributed by atoms with Gasteiger partial charge in [0.15, 0.2) is 11.8 Å². The van der Waals surface area contributed by atoms with E-state index < -0.39 is 53.9 Å². The van der Waals surface area contributed by atoms with Crippen molar-refractivity contribution in [3.8, 4) is 0 Å². The number of nitrogens with zero attached hydrogens (tertiary/aromatic N) is 2. The Hall–Kier alpha value is -2.50. The van der Waals surface area contributed by atoms with Gasteiger partial charge in [0, 0.05) is 6.07 Å². The van der Waals surface area contributed by atoms with Gasteiger partial charge in [-0.1, -0.05) is 0 Å². The van der Waals surface area contributed by atoms with Crippen LogP contribution in [0, 0.1) is 5.82 Å². The van der Waals surface area contributed by atoms with Crippen LogP contribution < -0.4 is 11.3 Å². The van der Waals surface area contributed by atoms with E-state index in [1.54, 1.807) is 0 Å². The molecule has 1 aromatic carbocycles. The highest BCUT2D eigenvalue weighted by Gasteiger charge is 2.59. The SMILES string of the molecule is NC(=O)c1nc2cc(F)ccc2n([C@@H]2O[C@H](CO)[C@@H](O)C2(F)F)c1=O. The number of nitrogens with two attached hydrogens (primary N) is 1. The van der Waals surface area contributed by atoms with Crippen molar-refractivity contribution in [1.82, 2.24) is 9.55 Å². The first-order valence-corrected chi connectivity index (χ1v) is 7.02. The lowest BCUT2D eigenvalue weighted by Gasteiger charge is -2.23. The molecule has 3 atom stereocenters. The predicted molar refractivity (Wildman–Crippen MR) is 76.4 cm³/mol. The van der Waals surface area contributed by atoms with Crippen molar-refractivity contribution < 1.29 is 32.9 Å². The summed E-state index contributed by atoms with van der Waals surface area (Å²) in [6.45, 7) is -0.928. The number of aromatic nitrogens is 2. The van der Waals surface area contributed by atoms with E-state index in [0.717, 1.165) is 18.2 Å². The molecule has 1 aliphatic heterocycles. The molecule has 2 aromatic rings. The third-order valence-electron chi connectivity index (χ3n) is 3.88. The maximum absolute atomic E-state index is 14.4. The summed E-state index contributed by atoms with van der Waals surface area (Å²) in [6.07, 6.45) is -6.40. The van der Waals surface area contributed by atoms with E-state index in [9.17, 15) is 27.9 Å². The van der Waals surface area contributed by atoms with Crippen molar-refractivity contribution >= 4 is 16.9 Å². The summed E-state index contributed by atoms with van der Waals surface area (Å²) < 4.78 is 47.5. The van der Waals surface area contributed by atoms with Crippen LogP contribution in [0.4, 0.5) is 13.2 Å². The van der Waals surface area contributed by atoms with Gasteiger partial charge in [0.25, 0.3) is 11.5 Å². The van der Waals surface area contributed by atoms with Gasteiger partial charge in [0.1, 0.15) is 11.9 Å². The average Bonchev–Trinajstić information content (AvgIpc) is 2.77. The third kappa shape index (κ3) is 2.56. The number of hydrogen-bond donors (Lipinski definition) is 3. The molecule has 25 heavy (non-hydrogen) atoms. The fourth-order valence-corrected chi connectivity index (χ4v) is 2.68. The third-order valence-corrected chi connectivity index (χ3v) is 3.88. The van der Waals surface area contributed by atoms with Gasteiger partial charge in [-0.25, -0.2) is 9.37 Å². The lowest BCUT2D eigenvalue weighted by Crippen LogP contribution is -2.43. The molecule has 1 amide bonds. The predicted octanol–water partition coefficient (Wildman–Crippen LogP) is -0.480. The smallest absolute Gasteiger partial charge is 0.320 e. The molecule has 0 unspecified atom stereocenters. The highest BCUT2D eigenvalue weighted by Crippen LogP contribution is 2.43. The molecule has 0 bridgehead atoms. The van der Waals surface area contributed by atoms with Crippen LogP contribution in [0.25, 0.3) is 11.0 Å². The molecule has 0 aliphatic carbocycles. The zero-order chi connectivity index (χ0) is 18.5. The quantitative estimate of drug-likeness (QED) is 0.679. The number of carbonyl (C=O) groups is 1. The Morgan fingerprint density at radius 1 is 1.44 bits per heavy atom. The van der Waals surface area contributed by atoms with Gasteiger partial charge in [-0.15, -0.1) is 0 Å². The van der Waals surface area contributed by atoms with Gasteiger partial charge in [-0.2, -0.15) is 8.78 Å². The second kappa shape index (κ2) is 5.79. The first-order chi connectivity index (χ1) is 11.7. The Labute approximate surface area is 137 Å². The van der Waals surface area contributed by atoms with E-state index >= 15 is 0 Å². The monoisotopic (exact) mass is 359 g/mol. The summed E-state index contributed by atoms with van der Waals surface area (Å²) in [7, 11) is 0. The minimum Gasteiger partial charge on any atom is -0.394 e. The van der Waals surface area contributed by atoms with Crippen molar-refractivity contribution in [2.75, 3.05) is 6.61 Å².